The zero-order chi connectivity index (χ0) is 12.8. The molecule has 0 atom stereocenters. The van der Waals surface area contributed by atoms with Crippen LogP contribution in [0.5, 0.6) is 0 Å². The third-order valence-electron chi connectivity index (χ3n) is 2.03. The number of nitrogens with zero attached hydrogens (tertiary/aromatic N) is 1. The number of ether oxygens (including phenoxy) is 1. The van der Waals surface area contributed by atoms with E-state index in [0.29, 0.717) is 5.56 Å². The molecule has 0 aliphatic carbocycles. The topological polar surface area (TPSA) is 89.7 Å². The average Bonchev–Trinajstić information content (AvgIpc) is 2.29. The Kier molecular flexibility index (Phi) is 4.36. The highest BCUT2D eigenvalue weighted by Gasteiger charge is 2.15. The number of hydrogen-bond donors (Lipinski definition) is 1. The highest BCUT2D eigenvalue weighted by molar-refractivity contribution is 5.90. The van der Waals surface area contributed by atoms with Gasteiger partial charge in [-0.25, -0.2) is 4.79 Å². The number of hydrogen-bond acceptors (Lipinski definition) is 4. The molecular formula is C11H11NO5. The minimum atomic E-state index is -1.22. The molecule has 1 rings (SSSR count). The van der Waals surface area contributed by atoms with Gasteiger partial charge in [0.15, 0.2) is 0 Å². The molecule has 0 radical (unpaired) electrons. The van der Waals surface area contributed by atoms with E-state index in [2.05, 4.69) is 6.58 Å². The first kappa shape index (κ1) is 12.9. The zero-order valence-electron chi connectivity index (χ0n) is 8.96. The molecule has 1 N–H and O–H groups in total. The van der Waals surface area contributed by atoms with Crippen molar-refractivity contribution in [1.29, 1.82) is 0 Å². The number of nitro groups is 1. The maximum Gasteiger partial charge on any atom is 0.336 e. The summed E-state index contributed by atoms with van der Waals surface area (Å²) in [6, 6.07) is 3.65. The number of rotatable bonds is 6. The smallest absolute Gasteiger partial charge is 0.336 e. The van der Waals surface area contributed by atoms with Crippen LogP contribution in [0.1, 0.15) is 15.9 Å². The van der Waals surface area contributed by atoms with Gasteiger partial charge in [0.2, 0.25) is 0 Å². The normalized spacial score (nSPS) is 9.88. The monoisotopic (exact) mass is 237 g/mol. The summed E-state index contributed by atoms with van der Waals surface area (Å²) in [5, 5.41) is 19.4. The van der Waals surface area contributed by atoms with Gasteiger partial charge in [0, 0.05) is 12.1 Å². The van der Waals surface area contributed by atoms with Gasteiger partial charge in [0.1, 0.15) is 0 Å². The lowest BCUT2D eigenvalue weighted by Crippen LogP contribution is -2.05. The number of aromatic carboxylic acids is 1. The summed E-state index contributed by atoms with van der Waals surface area (Å²) in [5.41, 5.74) is 0.0167. The van der Waals surface area contributed by atoms with E-state index in [1.165, 1.54) is 18.2 Å². The quantitative estimate of drug-likeness (QED) is 0.353. The molecule has 0 aromatic heterocycles. The lowest BCUT2D eigenvalue weighted by molar-refractivity contribution is -0.384. The predicted octanol–water partition coefficient (Wildman–Crippen LogP) is 2.00. The van der Waals surface area contributed by atoms with Crippen molar-refractivity contribution in [2.75, 3.05) is 6.61 Å². The summed E-state index contributed by atoms with van der Waals surface area (Å²) in [6.07, 6.45) is 1.53. The number of carboxylic acid groups (broad SMARTS) is 1. The van der Waals surface area contributed by atoms with Crippen LogP contribution in [0.4, 0.5) is 5.69 Å². The SMILES string of the molecule is C=CCOCc1ccc([N+](=O)[O-])cc1C(=O)O. The van der Waals surface area contributed by atoms with Crippen molar-refractivity contribution in [2.45, 2.75) is 6.61 Å². The number of benzene rings is 1. The van der Waals surface area contributed by atoms with Crippen molar-refractivity contribution < 1.29 is 19.6 Å². The van der Waals surface area contributed by atoms with Gasteiger partial charge in [0.25, 0.3) is 5.69 Å². The summed E-state index contributed by atoms with van der Waals surface area (Å²) in [6.45, 7) is 3.82. The van der Waals surface area contributed by atoms with Gasteiger partial charge in [0.05, 0.1) is 23.7 Å². The molecule has 0 aliphatic rings. The van der Waals surface area contributed by atoms with Gasteiger partial charge < -0.3 is 9.84 Å². The maximum atomic E-state index is 10.9. The van der Waals surface area contributed by atoms with Crippen LogP contribution < -0.4 is 0 Å². The van der Waals surface area contributed by atoms with E-state index in [1.54, 1.807) is 0 Å². The fourth-order valence-electron chi connectivity index (χ4n) is 1.26. The zero-order valence-corrected chi connectivity index (χ0v) is 8.96. The van der Waals surface area contributed by atoms with Crippen LogP contribution in [0.15, 0.2) is 30.9 Å². The summed E-state index contributed by atoms with van der Waals surface area (Å²) >= 11 is 0. The van der Waals surface area contributed by atoms with Crippen molar-refractivity contribution in [3.05, 3.63) is 52.1 Å². The number of nitro benzene ring substituents is 1. The van der Waals surface area contributed by atoms with Crippen molar-refractivity contribution in [1.82, 2.24) is 0 Å². The highest BCUT2D eigenvalue weighted by Crippen LogP contribution is 2.18. The molecule has 0 bridgehead atoms. The molecule has 17 heavy (non-hydrogen) atoms. The summed E-state index contributed by atoms with van der Waals surface area (Å²) in [5.74, 6) is -1.22. The predicted molar refractivity (Wildman–Crippen MR) is 59.9 cm³/mol. The van der Waals surface area contributed by atoms with Crippen LogP contribution in [0.3, 0.4) is 0 Å². The Balaban J connectivity index is 3.00. The van der Waals surface area contributed by atoms with Crippen molar-refractivity contribution in [3.8, 4) is 0 Å². The molecule has 0 heterocycles. The molecule has 0 saturated heterocycles. The average molecular weight is 237 g/mol. The largest absolute Gasteiger partial charge is 0.478 e. The second-order valence-electron chi connectivity index (χ2n) is 3.21. The Labute approximate surface area is 97.3 Å². The molecule has 0 fully saturated rings. The summed E-state index contributed by atoms with van der Waals surface area (Å²) < 4.78 is 5.11. The molecule has 6 heteroatoms. The van der Waals surface area contributed by atoms with E-state index in [0.717, 1.165) is 6.07 Å². The summed E-state index contributed by atoms with van der Waals surface area (Å²) in [4.78, 5) is 20.8. The van der Waals surface area contributed by atoms with Gasteiger partial charge in [-0.3, -0.25) is 10.1 Å². The third kappa shape index (κ3) is 3.39. The van der Waals surface area contributed by atoms with Gasteiger partial charge in [-0.05, 0) is 11.6 Å². The van der Waals surface area contributed by atoms with Crippen LogP contribution in [-0.2, 0) is 11.3 Å². The Morgan fingerprint density at radius 1 is 1.59 bits per heavy atom. The molecule has 90 valence electrons. The highest BCUT2D eigenvalue weighted by atomic mass is 16.6. The van der Waals surface area contributed by atoms with Crippen LogP contribution in [-0.4, -0.2) is 22.6 Å². The standard InChI is InChI=1S/C11H11NO5/c1-2-5-17-7-8-3-4-9(12(15)16)6-10(8)11(13)14/h2-4,6H,1,5,7H2,(H,13,14). The lowest BCUT2D eigenvalue weighted by atomic mass is 10.1. The Bertz CT molecular complexity index is 455. The molecule has 1 aromatic rings. The van der Waals surface area contributed by atoms with Crippen LogP contribution in [0.25, 0.3) is 0 Å². The molecule has 0 amide bonds. The number of non-ortho nitro benzene ring substituents is 1. The van der Waals surface area contributed by atoms with Gasteiger partial charge in [-0.2, -0.15) is 0 Å². The Hall–Kier alpha value is -2.21. The van der Waals surface area contributed by atoms with E-state index in [4.69, 9.17) is 9.84 Å². The van der Waals surface area contributed by atoms with Crippen LogP contribution in [0.2, 0.25) is 0 Å². The van der Waals surface area contributed by atoms with E-state index in [9.17, 15) is 14.9 Å². The van der Waals surface area contributed by atoms with Crippen molar-refractivity contribution in [2.24, 2.45) is 0 Å². The Morgan fingerprint density at radius 3 is 2.82 bits per heavy atom. The fraction of sp³-hybridized carbons (Fsp3) is 0.182. The van der Waals surface area contributed by atoms with Crippen molar-refractivity contribution in [3.63, 3.8) is 0 Å². The molecule has 6 nitrogen and oxygen atoms in total. The van der Waals surface area contributed by atoms with E-state index < -0.39 is 10.9 Å². The second kappa shape index (κ2) is 5.76. The van der Waals surface area contributed by atoms with Crippen molar-refractivity contribution >= 4 is 11.7 Å². The van der Waals surface area contributed by atoms with Gasteiger partial charge >= 0.3 is 5.97 Å². The Morgan fingerprint density at radius 2 is 2.29 bits per heavy atom. The first-order valence-electron chi connectivity index (χ1n) is 4.75. The number of carboxylic acids is 1. The summed E-state index contributed by atoms with van der Waals surface area (Å²) in [7, 11) is 0. The van der Waals surface area contributed by atoms with Gasteiger partial charge in [-0.1, -0.05) is 6.08 Å². The fourth-order valence-corrected chi connectivity index (χ4v) is 1.26. The van der Waals surface area contributed by atoms with E-state index in [-0.39, 0.29) is 24.5 Å². The lowest BCUT2D eigenvalue weighted by Gasteiger charge is -2.05. The van der Waals surface area contributed by atoms with E-state index >= 15 is 0 Å². The first-order chi connectivity index (χ1) is 8.06. The minimum absolute atomic E-state index is 0.0750. The molecule has 1 aromatic carbocycles. The molecule has 0 saturated carbocycles. The van der Waals surface area contributed by atoms with E-state index in [1.807, 2.05) is 0 Å². The molecule has 0 unspecified atom stereocenters. The molecule has 0 spiro atoms. The first-order valence-corrected chi connectivity index (χ1v) is 4.75. The third-order valence-corrected chi connectivity index (χ3v) is 2.03. The molecule has 0 aliphatic heterocycles. The van der Waals surface area contributed by atoms with Crippen LogP contribution >= 0.6 is 0 Å². The molecular weight excluding hydrogens is 226 g/mol. The number of carbonyl (C=O) groups is 1. The second-order valence-corrected chi connectivity index (χ2v) is 3.21. The van der Waals surface area contributed by atoms with Crippen LogP contribution in [0, 0.1) is 10.1 Å². The van der Waals surface area contributed by atoms with Gasteiger partial charge in [-0.15, -0.1) is 6.58 Å². The minimum Gasteiger partial charge on any atom is -0.478 e. The maximum absolute atomic E-state index is 10.9.